The van der Waals surface area contributed by atoms with Gasteiger partial charge in [0.2, 0.25) is 10.0 Å². The highest BCUT2D eigenvalue weighted by molar-refractivity contribution is 7.90. The summed E-state index contributed by atoms with van der Waals surface area (Å²) in [5, 5.41) is 9.00. The van der Waals surface area contributed by atoms with E-state index in [1.54, 1.807) is 20.8 Å². The number of sulfonamides is 1. The Kier molecular flexibility index (Phi) is 4.55. The third-order valence-corrected chi connectivity index (χ3v) is 4.34. The van der Waals surface area contributed by atoms with Crippen LogP contribution in [0.15, 0.2) is 0 Å². The number of aliphatic hydroxyl groups excluding tert-OH is 1. The molecule has 0 saturated heterocycles. The minimum Gasteiger partial charge on any atom is -0.395 e. The number of rotatable bonds is 4. The highest BCUT2D eigenvalue weighted by atomic mass is 32.2. The third kappa shape index (κ3) is 3.55. The molecule has 0 aliphatic carbocycles. The lowest BCUT2D eigenvalue weighted by Gasteiger charge is -2.26. The molecule has 1 atom stereocenters. The van der Waals surface area contributed by atoms with Crippen LogP contribution >= 0.6 is 0 Å². The molecule has 0 radical (unpaired) electrons. The van der Waals surface area contributed by atoms with E-state index in [4.69, 9.17) is 5.11 Å². The Morgan fingerprint density at radius 1 is 1.29 bits per heavy atom. The second-order valence-corrected chi connectivity index (χ2v) is 7.23. The normalized spacial score (nSPS) is 15.9. The summed E-state index contributed by atoms with van der Waals surface area (Å²) < 4.78 is 25.1. The van der Waals surface area contributed by atoms with Crippen molar-refractivity contribution in [1.29, 1.82) is 0 Å². The average Bonchev–Trinajstić information content (AvgIpc) is 1.97. The molecule has 0 unspecified atom stereocenters. The maximum absolute atomic E-state index is 11.7. The van der Waals surface area contributed by atoms with Gasteiger partial charge in [-0.2, -0.15) is 0 Å². The Morgan fingerprint density at radius 2 is 1.71 bits per heavy atom. The summed E-state index contributed by atoms with van der Waals surface area (Å²) in [4.78, 5) is 0. The SMILES string of the molecule is CC(C)[C@@H](CO)NS(=O)(=O)C(C)(C)C. The summed E-state index contributed by atoms with van der Waals surface area (Å²) in [5.74, 6) is 0.0807. The van der Waals surface area contributed by atoms with Crippen molar-refractivity contribution in [2.75, 3.05) is 6.61 Å². The molecule has 0 rings (SSSR count). The molecule has 0 aromatic carbocycles. The summed E-state index contributed by atoms with van der Waals surface area (Å²) >= 11 is 0. The molecule has 0 bridgehead atoms. The lowest BCUT2D eigenvalue weighted by Crippen LogP contribution is -2.48. The van der Waals surface area contributed by atoms with Crippen LogP contribution in [0.4, 0.5) is 0 Å². The van der Waals surface area contributed by atoms with E-state index in [-0.39, 0.29) is 12.5 Å². The van der Waals surface area contributed by atoms with E-state index in [1.165, 1.54) is 0 Å². The molecule has 0 aromatic rings. The summed E-state index contributed by atoms with van der Waals surface area (Å²) in [6.07, 6.45) is 0. The first-order valence-corrected chi connectivity index (χ1v) is 6.23. The fraction of sp³-hybridized carbons (Fsp3) is 1.00. The smallest absolute Gasteiger partial charge is 0.216 e. The fourth-order valence-corrected chi connectivity index (χ4v) is 1.86. The minimum atomic E-state index is -3.36. The zero-order valence-electron chi connectivity index (χ0n) is 9.53. The lowest BCUT2D eigenvalue weighted by molar-refractivity contribution is 0.227. The first-order chi connectivity index (χ1) is 6.12. The van der Waals surface area contributed by atoms with Gasteiger partial charge in [0.25, 0.3) is 0 Å². The highest BCUT2D eigenvalue weighted by Gasteiger charge is 2.31. The number of hydrogen-bond donors (Lipinski definition) is 2. The topological polar surface area (TPSA) is 66.4 Å². The summed E-state index contributed by atoms with van der Waals surface area (Å²) in [6.45, 7) is 8.45. The van der Waals surface area contributed by atoms with Crippen LogP contribution in [0, 0.1) is 5.92 Å². The summed E-state index contributed by atoms with van der Waals surface area (Å²) in [5.41, 5.74) is 0. The van der Waals surface area contributed by atoms with Gasteiger partial charge in [-0.25, -0.2) is 13.1 Å². The maximum Gasteiger partial charge on any atom is 0.216 e. The van der Waals surface area contributed by atoms with E-state index in [9.17, 15) is 8.42 Å². The van der Waals surface area contributed by atoms with Gasteiger partial charge in [-0.15, -0.1) is 0 Å². The Bertz CT molecular complexity index is 264. The Hall–Kier alpha value is -0.130. The van der Waals surface area contributed by atoms with E-state index in [2.05, 4.69) is 4.72 Å². The van der Waals surface area contributed by atoms with Crippen molar-refractivity contribution < 1.29 is 13.5 Å². The molecule has 2 N–H and O–H groups in total. The minimum absolute atomic E-state index is 0.0807. The molecule has 0 aliphatic rings. The van der Waals surface area contributed by atoms with Crippen molar-refractivity contribution in [3.8, 4) is 0 Å². The van der Waals surface area contributed by atoms with Crippen LogP contribution in [0.5, 0.6) is 0 Å². The van der Waals surface area contributed by atoms with Gasteiger partial charge < -0.3 is 5.11 Å². The van der Waals surface area contributed by atoms with Gasteiger partial charge in [-0.3, -0.25) is 0 Å². The van der Waals surface area contributed by atoms with Crippen LogP contribution in [0.1, 0.15) is 34.6 Å². The van der Waals surface area contributed by atoms with Gasteiger partial charge in [-0.05, 0) is 26.7 Å². The molecular weight excluding hydrogens is 202 g/mol. The van der Waals surface area contributed by atoms with E-state index in [1.807, 2.05) is 13.8 Å². The molecule has 86 valence electrons. The second kappa shape index (κ2) is 4.59. The second-order valence-electron chi connectivity index (χ2n) is 4.77. The molecule has 0 spiro atoms. The molecule has 14 heavy (non-hydrogen) atoms. The third-order valence-electron chi connectivity index (χ3n) is 2.11. The molecule has 0 fully saturated rings. The van der Waals surface area contributed by atoms with Crippen molar-refractivity contribution in [2.45, 2.75) is 45.4 Å². The molecule has 0 saturated carbocycles. The van der Waals surface area contributed by atoms with Gasteiger partial charge in [-0.1, -0.05) is 13.8 Å². The molecule has 0 amide bonds. The van der Waals surface area contributed by atoms with Crippen molar-refractivity contribution >= 4 is 10.0 Å². The van der Waals surface area contributed by atoms with Gasteiger partial charge >= 0.3 is 0 Å². The zero-order valence-corrected chi connectivity index (χ0v) is 10.4. The molecule has 0 heterocycles. The van der Waals surface area contributed by atoms with Gasteiger partial charge in [0, 0.05) is 6.04 Å². The molecule has 0 aromatic heterocycles. The van der Waals surface area contributed by atoms with Crippen LogP contribution in [0.25, 0.3) is 0 Å². The van der Waals surface area contributed by atoms with Crippen molar-refractivity contribution in [1.82, 2.24) is 4.72 Å². The fourth-order valence-electron chi connectivity index (χ4n) is 0.760. The predicted molar refractivity (Wildman–Crippen MR) is 57.5 cm³/mol. The maximum atomic E-state index is 11.7. The number of aliphatic hydroxyl groups is 1. The number of nitrogens with one attached hydrogen (secondary N) is 1. The van der Waals surface area contributed by atoms with Crippen LogP contribution in [0.3, 0.4) is 0 Å². The molecular formula is C9H21NO3S. The van der Waals surface area contributed by atoms with Gasteiger partial charge in [0.1, 0.15) is 0 Å². The van der Waals surface area contributed by atoms with Crippen LogP contribution in [0.2, 0.25) is 0 Å². The number of hydrogen-bond acceptors (Lipinski definition) is 3. The standard InChI is InChI=1S/C9H21NO3S/c1-7(2)8(6-11)10-14(12,13)9(3,4)5/h7-8,10-11H,6H2,1-5H3/t8-/m1/s1. The van der Waals surface area contributed by atoms with Crippen molar-refractivity contribution in [2.24, 2.45) is 5.92 Å². The monoisotopic (exact) mass is 223 g/mol. The average molecular weight is 223 g/mol. The van der Waals surface area contributed by atoms with Crippen LogP contribution in [-0.2, 0) is 10.0 Å². The van der Waals surface area contributed by atoms with Crippen LogP contribution < -0.4 is 4.72 Å². The summed E-state index contributed by atoms with van der Waals surface area (Å²) in [7, 11) is -3.36. The van der Waals surface area contributed by atoms with Crippen molar-refractivity contribution in [3.63, 3.8) is 0 Å². The van der Waals surface area contributed by atoms with E-state index in [0.717, 1.165) is 0 Å². The lowest BCUT2D eigenvalue weighted by atomic mass is 10.1. The molecule has 5 heteroatoms. The largest absolute Gasteiger partial charge is 0.395 e. The first kappa shape index (κ1) is 13.9. The zero-order chi connectivity index (χ0) is 11.6. The molecule has 0 aliphatic heterocycles. The predicted octanol–water partition coefficient (Wildman–Crippen LogP) is 0.721. The van der Waals surface area contributed by atoms with E-state index < -0.39 is 20.8 Å². The first-order valence-electron chi connectivity index (χ1n) is 4.74. The Labute approximate surface area is 86.8 Å². The quantitative estimate of drug-likeness (QED) is 0.738. The molecule has 4 nitrogen and oxygen atoms in total. The Morgan fingerprint density at radius 3 is 1.93 bits per heavy atom. The van der Waals surface area contributed by atoms with Crippen LogP contribution in [-0.4, -0.2) is 30.9 Å². The van der Waals surface area contributed by atoms with E-state index in [0.29, 0.717) is 0 Å². The Balaban J connectivity index is 4.67. The van der Waals surface area contributed by atoms with Gasteiger partial charge in [0.05, 0.1) is 11.4 Å². The van der Waals surface area contributed by atoms with Crippen molar-refractivity contribution in [3.05, 3.63) is 0 Å². The summed E-state index contributed by atoms with van der Waals surface area (Å²) in [6, 6.07) is -0.403. The highest BCUT2D eigenvalue weighted by Crippen LogP contribution is 2.15. The van der Waals surface area contributed by atoms with E-state index >= 15 is 0 Å². The van der Waals surface area contributed by atoms with Gasteiger partial charge in [0.15, 0.2) is 0 Å².